The number of carbonyl (C=O) groups excluding carboxylic acids is 8. The average Bonchev–Trinajstić information content (AvgIpc) is 0.788. The van der Waals surface area contributed by atoms with Crippen LogP contribution in [0.3, 0.4) is 0 Å². The second-order valence-electron chi connectivity index (χ2n) is 26.0. The van der Waals surface area contributed by atoms with Crippen LogP contribution in [0.1, 0.15) is 112 Å². The highest BCUT2D eigenvalue weighted by Gasteiger charge is 2.39. The standard InChI is InChI=1S/C86H78N8O16/c87-85(88)91-65-37-39-67-63(45-65)31-17-41-103-77-69(33-15-35-73(77)109-81(67)99)79(97)93(71(83(101)107-53-57-23-9-3-10-24-57)47-75(95)105-51-55-19-5-1-6-20-55)49-59-27-13-29-61(43-59)62-30-14-28-60(44-62)50-94(72(84(102)108-54-58-25-11-4-12-26-58)48-76(96)106-52-56-21-7-2-8-22-56)80(98)70-34-16-36-74-78(70)104-42-18-32-64-46-66(92-86(89)90)38-40-68(64)82(100)110-74/h1-16,19-30,33-40,43-46,71-72H,17-18,31-32,41-42,47-54H2,(H4,87,88,91)(H4,89,90,92)/t71-,72-/m0/s1. The van der Waals surface area contributed by atoms with E-state index in [0.29, 0.717) is 92.7 Å². The Hall–Kier alpha value is -13.9. The highest BCUT2D eigenvalue weighted by molar-refractivity contribution is 6.03. The van der Waals surface area contributed by atoms with Gasteiger partial charge in [-0.2, -0.15) is 0 Å². The van der Waals surface area contributed by atoms with E-state index < -0.39 is 72.6 Å². The van der Waals surface area contributed by atoms with E-state index >= 15 is 19.2 Å². The van der Waals surface area contributed by atoms with Gasteiger partial charge in [0, 0.05) is 24.5 Å². The van der Waals surface area contributed by atoms with Crippen molar-refractivity contribution in [3.05, 3.63) is 309 Å². The highest BCUT2D eigenvalue weighted by Crippen LogP contribution is 2.39. The maximum absolute atomic E-state index is 16.0. The number of amides is 2. The zero-order valence-electron chi connectivity index (χ0n) is 59.7. The molecule has 10 aromatic rings. The van der Waals surface area contributed by atoms with Crippen molar-refractivity contribution in [1.82, 2.24) is 9.80 Å². The smallest absolute Gasteiger partial charge is 0.343 e. The predicted octanol–water partition coefficient (Wildman–Crippen LogP) is 12.8. The lowest BCUT2D eigenvalue weighted by Gasteiger charge is -2.31. The summed E-state index contributed by atoms with van der Waals surface area (Å²) in [5.41, 5.74) is 18.1. The first-order valence-corrected chi connectivity index (χ1v) is 35.5. The number of anilines is 2. The van der Waals surface area contributed by atoms with Gasteiger partial charge in [-0.25, -0.2) is 19.2 Å². The number of hydrogen-bond donors (Lipinski definition) is 6. The van der Waals surface area contributed by atoms with Crippen LogP contribution in [0.5, 0.6) is 23.0 Å². The van der Waals surface area contributed by atoms with Gasteiger partial charge in [0.25, 0.3) is 11.8 Å². The average molecular weight is 1480 g/mol. The van der Waals surface area contributed by atoms with Gasteiger partial charge in [-0.1, -0.05) is 170 Å². The van der Waals surface area contributed by atoms with E-state index in [1.54, 1.807) is 194 Å². The van der Waals surface area contributed by atoms with Crippen LogP contribution in [0, 0.1) is 10.8 Å². The maximum atomic E-state index is 16.0. The van der Waals surface area contributed by atoms with E-state index in [1.807, 2.05) is 12.1 Å². The number of carbonyl (C=O) groups is 8. The van der Waals surface area contributed by atoms with Crippen molar-refractivity contribution in [1.29, 1.82) is 10.8 Å². The number of nitrogens with two attached hydrogens (primary N) is 2. The first-order valence-electron chi connectivity index (χ1n) is 35.5. The molecule has 558 valence electrons. The molecule has 10 aromatic carbocycles. The third kappa shape index (κ3) is 20.0. The molecular formula is C86H78N8O16. The molecule has 24 nitrogen and oxygen atoms in total. The van der Waals surface area contributed by atoms with Crippen LogP contribution in [0.15, 0.2) is 243 Å². The van der Waals surface area contributed by atoms with Crippen LogP contribution < -0.4 is 41.0 Å². The van der Waals surface area contributed by atoms with Gasteiger partial charge < -0.3 is 69.8 Å². The van der Waals surface area contributed by atoms with Crippen molar-refractivity contribution in [2.45, 2.75) is 90.1 Å². The Balaban J connectivity index is 0.913. The Morgan fingerprint density at radius 2 is 0.755 bits per heavy atom. The van der Waals surface area contributed by atoms with Gasteiger partial charge in [-0.05, 0) is 154 Å². The lowest BCUT2D eigenvalue weighted by Crippen LogP contribution is -2.47. The van der Waals surface area contributed by atoms with Crippen LogP contribution in [0.25, 0.3) is 11.1 Å². The lowest BCUT2D eigenvalue weighted by atomic mass is 9.99. The summed E-state index contributed by atoms with van der Waals surface area (Å²) in [5.74, 6) is -7.81. The number of nitrogens with one attached hydrogen (secondary N) is 4. The van der Waals surface area contributed by atoms with Gasteiger partial charge in [0.1, 0.15) is 38.5 Å². The molecule has 0 radical (unpaired) electrons. The minimum absolute atomic E-state index is 0.0149. The van der Waals surface area contributed by atoms with Crippen molar-refractivity contribution < 1.29 is 76.3 Å². The number of para-hydroxylation sites is 2. The number of benzene rings is 10. The summed E-state index contributed by atoms with van der Waals surface area (Å²) in [7, 11) is 0. The second-order valence-corrected chi connectivity index (χ2v) is 26.0. The van der Waals surface area contributed by atoms with E-state index in [0.717, 1.165) is 0 Å². The van der Waals surface area contributed by atoms with Crippen LogP contribution >= 0.6 is 0 Å². The second kappa shape index (κ2) is 36.4. The minimum Gasteiger partial charge on any atom is -0.489 e. The molecule has 0 saturated heterocycles. The Labute approximate surface area is 633 Å². The van der Waals surface area contributed by atoms with E-state index in [9.17, 15) is 19.2 Å². The Kier molecular flexibility index (Phi) is 25.1. The molecule has 0 aromatic heterocycles. The molecule has 0 spiro atoms. The highest BCUT2D eigenvalue weighted by atomic mass is 16.6. The van der Waals surface area contributed by atoms with Gasteiger partial charge >= 0.3 is 35.8 Å². The molecule has 8 N–H and O–H groups in total. The number of fused-ring (bicyclic) bond motifs is 4. The van der Waals surface area contributed by atoms with Crippen LogP contribution in [0.4, 0.5) is 11.4 Å². The summed E-state index contributed by atoms with van der Waals surface area (Å²) in [6.07, 6.45) is -0.0520. The van der Waals surface area contributed by atoms with Crippen LogP contribution in [0.2, 0.25) is 0 Å². The molecule has 110 heavy (non-hydrogen) atoms. The van der Waals surface area contributed by atoms with Crippen LogP contribution in [-0.4, -0.2) is 94.6 Å². The minimum atomic E-state index is -1.67. The van der Waals surface area contributed by atoms with Gasteiger partial charge in [0.05, 0.1) is 48.3 Å². The van der Waals surface area contributed by atoms with E-state index in [-0.39, 0.29) is 110 Å². The molecule has 12 rings (SSSR count). The number of esters is 6. The summed E-state index contributed by atoms with van der Waals surface area (Å²) in [4.78, 5) is 122. The zero-order chi connectivity index (χ0) is 76.9. The van der Waals surface area contributed by atoms with Crippen molar-refractivity contribution in [3.63, 3.8) is 0 Å². The van der Waals surface area contributed by atoms with Gasteiger partial charge in [-0.3, -0.25) is 30.0 Å². The van der Waals surface area contributed by atoms with Gasteiger partial charge in [0.15, 0.2) is 34.9 Å². The molecule has 0 unspecified atom stereocenters. The van der Waals surface area contributed by atoms with E-state index in [2.05, 4.69) is 10.6 Å². The van der Waals surface area contributed by atoms with Crippen molar-refractivity contribution >= 4 is 70.9 Å². The molecule has 2 aliphatic heterocycles. The van der Waals surface area contributed by atoms with Gasteiger partial charge in [-0.15, -0.1) is 0 Å². The quantitative estimate of drug-likeness (QED) is 0.0102. The Bertz CT molecular complexity index is 4730. The summed E-state index contributed by atoms with van der Waals surface area (Å²) in [5, 5.41) is 21.0. The van der Waals surface area contributed by atoms with E-state index in [4.69, 9.17) is 60.2 Å². The van der Waals surface area contributed by atoms with Crippen molar-refractivity contribution in [2.75, 3.05) is 23.8 Å². The van der Waals surface area contributed by atoms with Gasteiger partial charge in [0.2, 0.25) is 0 Å². The molecule has 2 aliphatic rings. The maximum Gasteiger partial charge on any atom is 0.343 e. The fourth-order valence-corrected chi connectivity index (χ4v) is 12.7. The molecule has 0 saturated carbocycles. The molecule has 2 heterocycles. The normalized spacial score (nSPS) is 12.9. The van der Waals surface area contributed by atoms with Crippen molar-refractivity contribution in [2.24, 2.45) is 11.5 Å². The lowest BCUT2D eigenvalue weighted by molar-refractivity contribution is -0.157. The fraction of sp³-hybridized carbons (Fsp3) is 0.186. The molecular weight excluding hydrogens is 1400 g/mol. The predicted molar refractivity (Wildman–Crippen MR) is 408 cm³/mol. The number of nitrogens with zero attached hydrogens (tertiary/aromatic N) is 2. The molecule has 0 fully saturated rings. The summed E-state index contributed by atoms with van der Waals surface area (Å²) < 4.78 is 48.5. The summed E-state index contributed by atoms with van der Waals surface area (Å²) in [6.45, 7) is -1.47. The SMILES string of the molecule is N=C(N)Nc1ccc2c(c1)CCCOc1c(cccc1C(=O)N(Cc1cccc(-c3cccc(CN(C(=O)c4cccc5c4OCCCc4cc(NC(=N)N)ccc4C(=O)O5)[C@@H](CC(=O)OCc4ccccc4)C(=O)OCc4ccccc4)c3)c1)[C@@H](CC(=O)OCc1ccccc1)C(=O)OCc1ccccc1)OC2=O. The monoisotopic (exact) mass is 1480 g/mol. The molecule has 2 amide bonds. The molecule has 2 atom stereocenters. The Morgan fingerprint density at radius 1 is 0.409 bits per heavy atom. The number of rotatable bonds is 25. The first kappa shape index (κ1) is 75.8. The molecule has 0 aliphatic carbocycles. The topological polar surface area (TPSA) is 341 Å². The first-order chi connectivity index (χ1) is 53.5. The third-order valence-electron chi connectivity index (χ3n) is 18.1. The third-order valence-corrected chi connectivity index (χ3v) is 18.1. The zero-order valence-corrected chi connectivity index (χ0v) is 59.7. The summed E-state index contributed by atoms with van der Waals surface area (Å²) >= 11 is 0. The molecule has 0 bridgehead atoms. The fourth-order valence-electron chi connectivity index (χ4n) is 12.7. The van der Waals surface area contributed by atoms with Crippen molar-refractivity contribution in [3.8, 4) is 34.1 Å². The van der Waals surface area contributed by atoms with E-state index in [1.165, 1.54) is 46.2 Å². The number of aryl methyl sites for hydroxylation is 2. The summed E-state index contributed by atoms with van der Waals surface area (Å²) in [6, 6.07) is 64.8. The molecule has 24 heteroatoms. The number of ether oxygens (including phenoxy) is 8. The number of guanidine groups is 2. The number of hydrogen-bond acceptors (Lipinski definition) is 18. The largest absolute Gasteiger partial charge is 0.489 e. The Morgan fingerprint density at radius 3 is 1.12 bits per heavy atom. The van der Waals surface area contributed by atoms with Crippen LogP contribution in [-0.2, 0) is 90.5 Å².